The number of fused-ring (bicyclic) bond motifs is 1. The minimum Gasteiger partial charge on any atom is -0.342 e. The average Bonchev–Trinajstić information content (AvgIpc) is 2.56. The standard InChI is InChI=1S/C12H13F3N2/c1-2-3-8-4-5-9-10(6-8)17-11(16-9)7-12(13,14)15/h4-6H,2-3,7H2,1H3,(H,16,17). The first kappa shape index (κ1) is 12.0. The second-order valence-electron chi connectivity index (χ2n) is 4.08. The third kappa shape index (κ3) is 2.99. The molecule has 2 aromatic rings. The Balaban J connectivity index is 2.30. The van der Waals surface area contributed by atoms with Crippen molar-refractivity contribution in [1.82, 2.24) is 9.97 Å². The molecule has 0 aliphatic carbocycles. The van der Waals surface area contributed by atoms with Crippen LogP contribution in [-0.2, 0) is 12.8 Å². The van der Waals surface area contributed by atoms with E-state index in [0.29, 0.717) is 11.0 Å². The van der Waals surface area contributed by atoms with Gasteiger partial charge in [0.15, 0.2) is 0 Å². The van der Waals surface area contributed by atoms with E-state index in [-0.39, 0.29) is 5.82 Å². The summed E-state index contributed by atoms with van der Waals surface area (Å²) < 4.78 is 36.6. The minimum absolute atomic E-state index is 0.0267. The van der Waals surface area contributed by atoms with Gasteiger partial charge in [-0.2, -0.15) is 13.2 Å². The van der Waals surface area contributed by atoms with Crippen molar-refractivity contribution in [3.63, 3.8) is 0 Å². The van der Waals surface area contributed by atoms with E-state index in [4.69, 9.17) is 0 Å². The number of H-pyrrole nitrogens is 1. The van der Waals surface area contributed by atoms with Crippen LogP contribution >= 0.6 is 0 Å². The summed E-state index contributed by atoms with van der Waals surface area (Å²) in [7, 11) is 0. The Morgan fingerprint density at radius 1 is 1.29 bits per heavy atom. The average molecular weight is 242 g/mol. The molecule has 1 N–H and O–H groups in total. The number of hydrogen-bond donors (Lipinski definition) is 1. The molecule has 5 heteroatoms. The van der Waals surface area contributed by atoms with E-state index >= 15 is 0 Å². The lowest BCUT2D eigenvalue weighted by Gasteiger charge is -2.01. The number of benzene rings is 1. The molecule has 17 heavy (non-hydrogen) atoms. The number of aryl methyl sites for hydroxylation is 1. The van der Waals surface area contributed by atoms with Crippen LogP contribution in [0.1, 0.15) is 24.7 Å². The van der Waals surface area contributed by atoms with Crippen LogP contribution in [-0.4, -0.2) is 16.1 Å². The SMILES string of the molecule is CCCc1ccc2nc(CC(F)(F)F)[nH]c2c1. The highest BCUT2D eigenvalue weighted by molar-refractivity contribution is 5.75. The van der Waals surface area contributed by atoms with Crippen LogP contribution in [0.3, 0.4) is 0 Å². The lowest BCUT2D eigenvalue weighted by atomic mass is 10.1. The largest absolute Gasteiger partial charge is 0.396 e. The van der Waals surface area contributed by atoms with Crippen molar-refractivity contribution < 1.29 is 13.2 Å². The van der Waals surface area contributed by atoms with Gasteiger partial charge in [-0.05, 0) is 24.1 Å². The van der Waals surface area contributed by atoms with Crippen molar-refractivity contribution in [2.45, 2.75) is 32.4 Å². The number of nitrogens with zero attached hydrogens (tertiary/aromatic N) is 1. The van der Waals surface area contributed by atoms with Crippen LogP contribution in [0.15, 0.2) is 18.2 Å². The Morgan fingerprint density at radius 3 is 2.71 bits per heavy atom. The van der Waals surface area contributed by atoms with Gasteiger partial charge in [-0.15, -0.1) is 0 Å². The smallest absolute Gasteiger partial charge is 0.342 e. The van der Waals surface area contributed by atoms with E-state index in [1.54, 1.807) is 6.07 Å². The summed E-state index contributed by atoms with van der Waals surface area (Å²) in [6.45, 7) is 2.06. The maximum absolute atomic E-state index is 12.2. The Bertz CT molecular complexity index is 514. The first-order valence-corrected chi connectivity index (χ1v) is 5.52. The van der Waals surface area contributed by atoms with E-state index in [1.807, 2.05) is 12.1 Å². The molecule has 1 heterocycles. The van der Waals surface area contributed by atoms with E-state index < -0.39 is 12.6 Å². The number of alkyl halides is 3. The van der Waals surface area contributed by atoms with Crippen LogP contribution in [0.2, 0.25) is 0 Å². The molecule has 0 radical (unpaired) electrons. The molecule has 2 rings (SSSR count). The van der Waals surface area contributed by atoms with Gasteiger partial charge in [0.05, 0.1) is 11.0 Å². The summed E-state index contributed by atoms with van der Waals surface area (Å²) in [5.41, 5.74) is 2.38. The first-order chi connectivity index (χ1) is 7.98. The number of imidazole rings is 1. The van der Waals surface area contributed by atoms with Gasteiger partial charge in [-0.3, -0.25) is 0 Å². The fraction of sp³-hybridized carbons (Fsp3) is 0.417. The van der Waals surface area contributed by atoms with Crippen molar-refractivity contribution in [3.8, 4) is 0 Å². The van der Waals surface area contributed by atoms with Crippen molar-refractivity contribution >= 4 is 11.0 Å². The summed E-state index contributed by atoms with van der Waals surface area (Å²) in [4.78, 5) is 6.64. The molecule has 2 nitrogen and oxygen atoms in total. The Morgan fingerprint density at radius 2 is 2.06 bits per heavy atom. The molecule has 0 amide bonds. The molecule has 0 fully saturated rings. The van der Waals surface area contributed by atoms with Gasteiger partial charge in [0.1, 0.15) is 12.2 Å². The fourth-order valence-electron chi connectivity index (χ4n) is 1.83. The van der Waals surface area contributed by atoms with Crippen LogP contribution in [0.4, 0.5) is 13.2 Å². The zero-order valence-electron chi connectivity index (χ0n) is 9.43. The van der Waals surface area contributed by atoms with Gasteiger partial charge in [0.25, 0.3) is 0 Å². The van der Waals surface area contributed by atoms with Gasteiger partial charge in [-0.1, -0.05) is 19.4 Å². The molecular weight excluding hydrogens is 229 g/mol. The molecule has 0 spiro atoms. The third-order valence-electron chi connectivity index (χ3n) is 2.50. The topological polar surface area (TPSA) is 28.7 Å². The maximum atomic E-state index is 12.2. The fourth-order valence-corrected chi connectivity index (χ4v) is 1.83. The van der Waals surface area contributed by atoms with Crippen molar-refractivity contribution in [2.24, 2.45) is 0 Å². The molecule has 0 unspecified atom stereocenters. The number of aromatic nitrogens is 2. The van der Waals surface area contributed by atoms with Gasteiger partial charge in [0, 0.05) is 0 Å². The number of nitrogens with one attached hydrogen (secondary N) is 1. The predicted molar refractivity (Wildman–Crippen MR) is 59.8 cm³/mol. The Labute approximate surface area is 96.9 Å². The Kier molecular flexibility index (Phi) is 3.09. The molecule has 0 aliphatic rings. The normalized spacial score (nSPS) is 12.2. The van der Waals surface area contributed by atoms with Gasteiger partial charge < -0.3 is 4.98 Å². The minimum atomic E-state index is -4.22. The lowest BCUT2D eigenvalue weighted by Crippen LogP contribution is -2.12. The molecule has 1 aromatic heterocycles. The van der Waals surface area contributed by atoms with Crippen LogP contribution in [0.25, 0.3) is 11.0 Å². The third-order valence-corrected chi connectivity index (χ3v) is 2.50. The van der Waals surface area contributed by atoms with Crippen LogP contribution in [0.5, 0.6) is 0 Å². The monoisotopic (exact) mass is 242 g/mol. The van der Waals surface area contributed by atoms with E-state index in [0.717, 1.165) is 18.4 Å². The molecule has 0 bridgehead atoms. The molecule has 1 aromatic carbocycles. The number of rotatable bonds is 3. The van der Waals surface area contributed by atoms with Crippen LogP contribution < -0.4 is 0 Å². The summed E-state index contributed by atoms with van der Waals surface area (Å²) in [6, 6.07) is 5.53. The predicted octanol–water partition coefficient (Wildman–Crippen LogP) is 3.62. The number of aromatic amines is 1. The van der Waals surface area contributed by atoms with Crippen molar-refractivity contribution in [1.29, 1.82) is 0 Å². The zero-order chi connectivity index (χ0) is 12.5. The highest BCUT2D eigenvalue weighted by Crippen LogP contribution is 2.22. The second-order valence-corrected chi connectivity index (χ2v) is 4.08. The van der Waals surface area contributed by atoms with Crippen LogP contribution in [0, 0.1) is 0 Å². The highest BCUT2D eigenvalue weighted by Gasteiger charge is 2.29. The summed E-state index contributed by atoms with van der Waals surface area (Å²) in [5, 5.41) is 0. The molecule has 92 valence electrons. The number of hydrogen-bond acceptors (Lipinski definition) is 1. The molecule has 0 saturated heterocycles. The van der Waals surface area contributed by atoms with E-state index in [9.17, 15) is 13.2 Å². The molecular formula is C12H13F3N2. The van der Waals surface area contributed by atoms with E-state index in [1.165, 1.54) is 0 Å². The summed E-state index contributed by atoms with van der Waals surface area (Å²) in [6.07, 6.45) is -3.30. The maximum Gasteiger partial charge on any atom is 0.396 e. The van der Waals surface area contributed by atoms with E-state index in [2.05, 4.69) is 16.9 Å². The summed E-state index contributed by atoms with van der Waals surface area (Å²) in [5.74, 6) is -0.0267. The quantitative estimate of drug-likeness (QED) is 0.874. The number of halogens is 3. The lowest BCUT2D eigenvalue weighted by molar-refractivity contribution is -0.128. The molecule has 0 saturated carbocycles. The first-order valence-electron chi connectivity index (χ1n) is 5.52. The van der Waals surface area contributed by atoms with Gasteiger partial charge >= 0.3 is 6.18 Å². The van der Waals surface area contributed by atoms with Crippen molar-refractivity contribution in [3.05, 3.63) is 29.6 Å². The molecule has 0 atom stereocenters. The zero-order valence-corrected chi connectivity index (χ0v) is 9.43. The van der Waals surface area contributed by atoms with Gasteiger partial charge in [0.2, 0.25) is 0 Å². The highest BCUT2D eigenvalue weighted by atomic mass is 19.4. The van der Waals surface area contributed by atoms with Gasteiger partial charge in [-0.25, -0.2) is 4.98 Å². The van der Waals surface area contributed by atoms with Crippen molar-refractivity contribution in [2.75, 3.05) is 0 Å². The molecule has 0 aliphatic heterocycles. The Hall–Kier alpha value is -1.52. The summed E-state index contributed by atoms with van der Waals surface area (Å²) >= 11 is 0. The second kappa shape index (κ2) is 4.39.